The maximum Gasteiger partial charge on any atom is 0.132 e. The van der Waals surface area contributed by atoms with E-state index < -0.39 is 0 Å². The Labute approximate surface area is 155 Å². The van der Waals surface area contributed by atoms with E-state index in [2.05, 4.69) is 32.0 Å². The fraction of sp³-hybridized carbons (Fsp3) is 0.208. The lowest BCUT2D eigenvalue weighted by molar-refractivity contribution is 0.476. The first-order valence-corrected chi connectivity index (χ1v) is 9.24. The minimum atomic E-state index is 0.276. The lowest BCUT2D eigenvalue weighted by atomic mass is 9.94. The number of aromatic hydroxyl groups is 1. The third kappa shape index (κ3) is 3.85. The predicted molar refractivity (Wildman–Crippen MR) is 111 cm³/mol. The van der Waals surface area contributed by atoms with Crippen molar-refractivity contribution in [2.45, 2.75) is 32.7 Å². The van der Waals surface area contributed by atoms with Gasteiger partial charge in [-0.1, -0.05) is 80.6 Å². The highest BCUT2D eigenvalue weighted by Crippen LogP contribution is 2.37. The van der Waals surface area contributed by atoms with Gasteiger partial charge in [0.1, 0.15) is 5.75 Å². The van der Waals surface area contributed by atoms with Crippen LogP contribution in [0.25, 0.3) is 22.3 Å². The Morgan fingerprint density at radius 3 is 1.81 bits per heavy atom. The zero-order valence-electron chi connectivity index (χ0n) is 15.4. The SMILES string of the molecule is CCC(CC)N=Cc1c(-c2ccccc2)ccc(-c2ccccc2)c1O. The van der Waals surface area contributed by atoms with E-state index in [1.54, 1.807) is 0 Å². The van der Waals surface area contributed by atoms with E-state index in [0.29, 0.717) is 0 Å². The van der Waals surface area contributed by atoms with Gasteiger partial charge in [0.2, 0.25) is 0 Å². The summed E-state index contributed by atoms with van der Waals surface area (Å²) in [4.78, 5) is 4.73. The van der Waals surface area contributed by atoms with Crippen LogP contribution in [0.5, 0.6) is 5.75 Å². The first-order valence-electron chi connectivity index (χ1n) is 9.24. The highest BCUT2D eigenvalue weighted by Gasteiger charge is 2.14. The Bertz CT molecular complexity index is 865. The third-order valence-electron chi connectivity index (χ3n) is 4.74. The van der Waals surface area contributed by atoms with Gasteiger partial charge in [-0.2, -0.15) is 0 Å². The van der Waals surface area contributed by atoms with Gasteiger partial charge in [0.25, 0.3) is 0 Å². The van der Waals surface area contributed by atoms with Crippen LogP contribution in [0.4, 0.5) is 0 Å². The molecule has 2 nitrogen and oxygen atoms in total. The average Bonchev–Trinajstić information content (AvgIpc) is 2.71. The number of benzene rings is 3. The molecular weight excluding hydrogens is 318 g/mol. The van der Waals surface area contributed by atoms with E-state index in [1.165, 1.54) is 0 Å². The minimum Gasteiger partial charge on any atom is -0.507 e. The maximum absolute atomic E-state index is 11.1. The van der Waals surface area contributed by atoms with Crippen molar-refractivity contribution < 1.29 is 5.11 Å². The molecular formula is C24H25NO. The van der Waals surface area contributed by atoms with Crippen molar-refractivity contribution in [1.82, 2.24) is 0 Å². The van der Waals surface area contributed by atoms with Crippen LogP contribution >= 0.6 is 0 Å². The summed E-state index contributed by atoms with van der Waals surface area (Å²) in [5.74, 6) is 0.284. The molecule has 1 N–H and O–H groups in total. The zero-order valence-corrected chi connectivity index (χ0v) is 15.4. The van der Waals surface area contributed by atoms with Gasteiger partial charge in [-0.3, -0.25) is 4.99 Å². The second-order valence-corrected chi connectivity index (χ2v) is 6.40. The van der Waals surface area contributed by atoms with Gasteiger partial charge >= 0.3 is 0 Å². The van der Waals surface area contributed by atoms with Gasteiger partial charge in [-0.05, 0) is 35.6 Å². The number of phenolic OH excluding ortho intramolecular Hbond substituents is 1. The quantitative estimate of drug-likeness (QED) is 0.521. The topological polar surface area (TPSA) is 32.6 Å². The molecule has 0 amide bonds. The molecule has 0 saturated heterocycles. The molecule has 0 bridgehead atoms. The van der Waals surface area contributed by atoms with E-state index >= 15 is 0 Å². The van der Waals surface area contributed by atoms with Crippen molar-refractivity contribution in [1.29, 1.82) is 0 Å². The number of rotatable bonds is 6. The summed E-state index contributed by atoms with van der Waals surface area (Å²) in [5.41, 5.74) is 4.69. The van der Waals surface area contributed by atoms with Crippen LogP contribution in [0.15, 0.2) is 77.8 Å². The molecule has 0 saturated carbocycles. The zero-order chi connectivity index (χ0) is 18.4. The van der Waals surface area contributed by atoms with Crippen molar-refractivity contribution >= 4 is 6.21 Å². The van der Waals surface area contributed by atoms with Crippen LogP contribution in [0.3, 0.4) is 0 Å². The summed E-state index contributed by atoms with van der Waals surface area (Å²) in [6, 6.07) is 24.5. The molecule has 2 heteroatoms. The molecule has 0 radical (unpaired) electrons. The number of hydrogen-bond acceptors (Lipinski definition) is 2. The third-order valence-corrected chi connectivity index (χ3v) is 4.74. The standard InChI is InChI=1S/C24H25NO/c1-3-20(4-2)25-17-23-21(18-11-7-5-8-12-18)15-16-22(24(23)26)19-13-9-6-10-14-19/h5-17,20,26H,3-4H2,1-2H3. The molecule has 3 aromatic rings. The maximum atomic E-state index is 11.1. The van der Waals surface area contributed by atoms with Crippen LogP contribution in [-0.2, 0) is 0 Å². The number of phenols is 1. The average molecular weight is 343 g/mol. The van der Waals surface area contributed by atoms with Crippen molar-refractivity contribution in [3.05, 3.63) is 78.4 Å². The summed E-state index contributed by atoms with van der Waals surface area (Å²) in [5, 5.41) is 11.1. The molecule has 0 heterocycles. The molecule has 0 aromatic heterocycles. The van der Waals surface area contributed by atoms with Gasteiger partial charge in [-0.25, -0.2) is 0 Å². The van der Waals surface area contributed by atoms with Crippen LogP contribution in [0.2, 0.25) is 0 Å². The second kappa shape index (κ2) is 8.48. The van der Waals surface area contributed by atoms with E-state index in [1.807, 2.05) is 60.8 Å². The Hall–Kier alpha value is -2.87. The van der Waals surface area contributed by atoms with E-state index in [9.17, 15) is 5.11 Å². The molecule has 3 rings (SSSR count). The fourth-order valence-electron chi connectivity index (χ4n) is 3.14. The van der Waals surface area contributed by atoms with Gasteiger partial charge in [0.05, 0.1) is 0 Å². The minimum absolute atomic E-state index is 0.276. The molecule has 0 aliphatic rings. The molecule has 132 valence electrons. The summed E-state index contributed by atoms with van der Waals surface area (Å²) in [7, 11) is 0. The Balaban J connectivity index is 2.15. The Morgan fingerprint density at radius 1 is 0.769 bits per heavy atom. The molecule has 0 spiro atoms. The summed E-state index contributed by atoms with van der Waals surface area (Å²) >= 11 is 0. The van der Waals surface area contributed by atoms with Crippen LogP contribution < -0.4 is 0 Å². The van der Waals surface area contributed by atoms with Crippen molar-refractivity contribution in [3.8, 4) is 28.0 Å². The number of nitrogens with zero attached hydrogens (tertiary/aromatic N) is 1. The normalized spacial score (nSPS) is 11.3. The van der Waals surface area contributed by atoms with Gasteiger partial charge in [0.15, 0.2) is 0 Å². The summed E-state index contributed by atoms with van der Waals surface area (Å²) in [6.45, 7) is 4.29. The molecule has 3 aromatic carbocycles. The monoisotopic (exact) mass is 343 g/mol. The molecule has 26 heavy (non-hydrogen) atoms. The van der Waals surface area contributed by atoms with Gasteiger partial charge in [-0.15, -0.1) is 0 Å². The van der Waals surface area contributed by atoms with Crippen molar-refractivity contribution in [2.24, 2.45) is 4.99 Å². The summed E-state index contributed by atoms with van der Waals surface area (Å²) in [6.07, 6.45) is 3.83. The first kappa shape index (κ1) is 17.9. The largest absolute Gasteiger partial charge is 0.507 e. The van der Waals surface area contributed by atoms with Gasteiger partial charge < -0.3 is 5.11 Å². The van der Waals surface area contributed by atoms with Crippen molar-refractivity contribution in [3.63, 3.8) is 0 Å². The van der Waals surface area contributed by atoms with E-state index in [-0.39, 0.29) is 11.8 Å². The molecule has 0 aliphatic heterocycles. The lowest BCUT2D eigenvalue weighted by Gasteiger charge is -2.14. The van der Waals surface area contributed by atoms with E-state index in [4.69, 9.17) is 4.99 Å². The number of aliphatic imine (C=N–C) groups is 1. The molecule has 0 fully saturated rings. The van der Waals surface area contributed by atoms with Crippen LogP contribution in [0, 0.1) is 0 Å². The second-order valence-electron chi connectivity index (χ2n) is 6.40. The first-order chi connectivity index (χ1) is 12.7. The molecule has 0 atom stereocenters. The highest BCUT2D eigenvalue weighted by atomic mass is 16.3. The van der Waals surface area contributed by atoms with Crippen LogP contribution in [0.1, 0.15) is 32.3 Å². The Morgan fingerprint density at radius 2 is 1.27 bits per heavy atom. The smallest absolute Gasteiger partial charge is 0.132 e. The summed E-state index contributed by atoms with van der Waals surface area (Å²) < 4.78 is 0. The Kier molecular flexibility index (Phi) is 5.85. The lowest BCUT2D eigenvalue weighted by Crippen LogP contribution is -2.01. The van der Waals surface area contributed by atoms with Gasteiger partial charge in [0, 0.05) is 23.4 Å². The fourth-order valence-corrected chi connectivity index (χ4v) is 3.14. The predicted octanol–water partition coefficient (Wildman–Crippen LogP) is 6.33. The van der Waals surface area contributed by atoms with E-state index in [0.717, 1.165) is 40.7 Å². The van der Waals surface area contributed by atoms with Crippen LogP contribution in [-0.4, -0.2) is 17.4 Å². The highest BCUT2D eigenvalue weighted by molar-refractivity contribution is 5.97. The molecule has 0 aliphatic carbocycles. The van der Waals surface area contributed by atoms with Crippen molar-refractivity contribution in [2.75, 3.05) is 0 Å². The molecule has 0 unspecified atom stereocenters. The number of hydrogen-bond donors (Lipinski definition) is 1.